The lowest BCUT2D eigenvalue weighted by Crippen LogP contribution is -2.16. The Morgan fingerprint density at radius 2 is 1.82 bits per heavy atom. The minimum Gasteiger partial charge on any atom is -0.469 e. The zero-order valence-electron chi connectivity index (χ0n) is 12.0. The Bertz CT molecular complexity index is 730. The van der Waals surface area contributed by atoms with E-state index in [0.717, 1.165) is 0 Å². The number of esters is 1. The molecular formula is C17H14N2O3. The molecular weight excluding hydrogens is 280 g/mol. The Morgan fingerprint density at radius 3 is 2.45 bits per heavy atom. The van der Waals surface area contributed by atoms with Crippen LogP contribution in [0.25, 0.3) is 0 Å². The first kappa shape index (κ1) is 15.3. The standard InChI is InChI=1S/C17H14N2O3/c1-22-16(20)10-13-4-2-3-5-15(13)17(21)19-14-8-6-12(11-18)7-9-14/h2-9H,10H2,1H3,(H,19,21). The molecule has 0 aromatic heterocycles. The molecule has 0 heterocycles. The molecule has 1 N–H and O–H groups in total. The summed E-state index contributed by atoms with van der Waals surface area (Å²) in [6.07, 6.45) is 0.0352. The Hall–Kier alpha value is -3.13. The number of anilines is 1. The molecule has 2 aromatic carbocycles. The third-order valence-electron chi connectivity index (χ3n) is 3.10. The third-order valence-corrected chi connectivity index (χ3v) is 3.10. The number of amides is 1. The van der Waals surface area contributed by atoms with E-state index >= 15 is 0 Å². The lowest BCUT2D eigenvalue weighted by atomic mass is 10.0. The first-order valence-electron chi connectivity index (χ1n) is 6.60. The monoisotopic (exact) mass is 294 g/mol. The number of nitriles is 1. The van der Waals surface area contributed by atoms with Crippen molar-refractivity contribution in [3.8, 4) is 6.07 Å². The molecule has 0 saturated carbocycles. The zero-order chi connectivity index (χ0) is 15.9. The van der Waals surface area contributed by atoms with Crippen molar-refractivity contribution < 1.29 is 14.3 Å². The van der Waals surface area contributed by atoms with Gasteiger partial charge in [0, 0.05) is 11.3 Å². The molecule has 2 aromatic rings. The largest absolute Gasteiger partial charge is 0.469 e. The Balaban J connectivity index is 2.18. The van der Waals surface area contributed by atoms with Gasteiger partial charge in [-0.1, -0.05) is 18.2 Å². The number of carbonyl (C=O) groups is 2. The number of carbonyl (C=O) groups excluding carboxylic acids is 2. The fourth-order valence-corrected chi connectivity index (χ4v) is 1.95. The number of rotatable bonds is 4. The Labute approximate surface area is 128 Å². The van der Waals surface area contributed by atoms with Gasteiger partial charge in [-0.3, -0.25) is 9.59 Å². The molecule has 0 unspecified atom stereocenters. The first-order valence-corrected chi connectivity index (χ1v) is 6.60. The predicted octanol–water partition coefficient (Wildman–Crippen LogP) is 2.53. The molecule has 0 aliphatic rings. The van der Waals surface area contributed by atoms with Crippen molar-refractivity contribution in [3.05, 3.63) is 65.2 Å². The lowest BCUT2D eigenvalue weighted by Gasteiger charge is -2.09. The summed E-state index contributed by atoms with van der Waals surface area (Å²) in [6.45, 7) is 0. The van der Waals surface area contributed by atoms with Crippen LogP contribution in [-0.4, -0.2) is 19.0 Å². The molecule has 0 radical (unpaired) electrons. The minimum atomic E-state index is -0.404. The first-order chi connectivity index (χ1) is 10.6. The quantitative estimate of drug-likeness (QED) is 0.879. The van der Waals surface area contributed by atoms with E-state index in [1.165, 1.54) is 7.11 Å². The van der Waals surface area contributed by atoms with Crippen molar-refractivity contribution in [1.29, 1.82) is 5.26 Å². The maximum absolute atomic E-state index is 12.3. The second-order valence-electron chi connectivity index (χ2n) is 4.55. The summed E-state index contributed by atoms with van der Waals surface area (Å²) in [5, 5.41) is 11.5. The molecule has 0 saturated heterocycles. The van der Waals surface area contributed by atoms with E-state index in [4.69, 9.17) is 5.26 Å². The van der Waals surface area contributed by atoms with Crippen LogP contribution >= 0.6 is 0 Å². The van der Waals surface area contributed by atoms with Gasteiger partial charge >= 0.3 is 5.97 Å². The number of nitrogens with one attached hydrogen (secondary N) is 1. The normalized spacial score (nSPS) is 9.64. The maximum atomic E-state index is 12.3. The van der Waals surface area contributed by atoms with E-state index in [0.29, 0.717) is 22.4 Å². The van der Waals surface area contributed by atoms with E-state index in [1.807, 2.05) is 6.07 Å². The minimum absolute atomic E-state index is 0.0352. The molecule has 5 nitrogen and oxygen atoms in total. The second kappa shape index (κ2) is 7.04. The molecule has 5 heteroatoms. The van der Waals surface area contributed by atoms with Crippen LogP contribution in [0.15, 0.2) is 48.5 Å². The zero-order valence-corrected chi connectivity index (χ0v) is 12.0. The van der Waals surface area contributed by atoms with Gasteiger partial charge in [-0.05, 0) is 35.9 Å². The van der Waals surface area contributed by atoms with Crippen molar-refractivity contribution >= 4 is 17.6 Å². The van der Waals surface area contributed by atoms with Gasteiger partial charge in [-0.15, -0.1) is 0 Å². The van der Waals surface area contributed by atoms with Gasteiger partial charge in [0.15, 0.2) is 0 Å². The topological polar surface area (TPSA) is 79.2 Å². The third kappa shape index (κ3) is 3.70. The fraction of sp³-hybridized carbons (Fsp3) is 0.118. The van der Waals surface area contributed by atoms with Gasteiger partial charge in [-0.25, -0.2) is 0 Å². The van der Waals surface area contributed by atoms with Crippen LogP contribution < -0.4 is 5.32 Å². The van der Waals surface area contributed by atoms with Gasteiger partial charge in [-0.2, -0.15) is 5.26 Å². The molecule has 0 aliphatic heterocycles. The van der Waals surface area contributed by atoms with Crippen molar-refractivity contribution in [2.45, 2.75) is 6.42 Å². The highest BCUT2D eigenvalue weighted by Gasteiger charge is 2.14. The van der Waals surface area contributed by atoms with Crippen molar-refractivity contribution in [2.24, 2.45) is 0 Å². The molecule has 0 aliphatic carbocycles. The molecule has 0 atom stereocenters. The molecule has 2 rings (SSSR count). The van der Waals surface area contributed by atoms with Crippen LogP contribution in [0.3, 0.4) is 0 Å². The number of benzene rings is 2. The Morgan fingerprint density at radius 1 is 1.14 bits per heavy atom. The summed E-state index contributed by atoms with van der Waals surface area (Å²) in [5.41, 5.74) is 2.11. The van der Waals surface area contributed by atoms with Gasteiger partial charge < -0.3 is 10.1 Å². The highest BCUT2D eigenvalue weighted by molar-refractivity contribution is 6.05. The number of methoxy groups -OCH3 is 1. The number of ether oxygens (including phenoxy) is 1. The molecule has 22 heavy (non-hydrogen) atoms. The summed E-state index contributed by atoms with van der Waals surface area (Å²) in [7, 11) is 1.31. The van der Waals surface area contributed by atoms with Crippen LogP contribution in [0.4, 0.5) is 5.69 Å². The van der Waals surface area contributed by atoms with Crippen LogP contribution in [0.1, 0.15) is 21.5 Å². The van der Waals surface area contributed by atoms with Gasteiger partial charge in [0.25, 0.3) is 5.91 Å². The molecule has 0 spiro atoms. The number of hydrogen-bond donors (Lipinski definition) is 1. The second-order valence-corrected chi connectivity index (χ2v) is 4.55. The summed E-state index contributed by atoms with van der Waals surface area (Å²) < 4.78 is 4.63. The number of hydrogen-bond acceptors (Lipinski definition) is 4. The molecule has 110 valence electrons. The van der Waals surface area contributed by atoms with E-state index in [2.05, 4.69) is 10.1 Å². The average Bonchev–Trinajstić information content (AvgIpc) is 2.55. The molecule has 0 bridgehead atoms. The summed E-state index contributed by atoms with van der Waals surface area (Å²) in [6, 6.07) is 15.4. The highest BCUT2D eigenvalue weighted by atomic mass is 16.5. The Kier molecular flexibility index (Phi) is 4.89. The lowest BCUT2D eigenvalue weighted by molar-refractivity contribution is -0.139. The molecule has 0 fully saturated rings. The molecule has 1 amide bonds. The van der Waals surface area contributed by atoms with Crippen molar-refractivity contribution in [3.63, 3.8) is 0 Å². The van der Waals surface area contributed by atoms with Crippen LogP contribution in [-0.2, 0) is 16.0 Å². The average molecular weight is 294 g/mol. The smallest absolute Gasteiger partial charge is 0.310 e. The van der Waals surface area contributed by atoms with Gasteiger partial charge in [0.1, 0.15) is 0 Å². The van der Waals surface area contributed by atoms with E-state index in [1.54, 1.807) is 48.5 Å². The van der Waals surface area contributed by atoms with Crippen molar-refractivity contribution in [1.82, 2.24) is 0 Å². The fourth-order valence-electron chi connectivity index (χ4n) is 1.95. The maximum Gasteiger partial charge on any atom is 0.310 e. The van der Waals surface area contributed by atoms with Crippen LogP contribution in [0, 0.1) is 11.3 Å². The highest BCUT2D eigenvalue weighted by Crippen LogP contribution is 2.14. The van der Waals surface area contributed by atoms with Crippen molar-refractivity contribution in [2.75, 3.05) is 12.4 Å². The van der Waals surface area contributed by atoms with E-state index in [9.17, 15) is 9.59 Å². The SMILES string of the molecule is COC(=O)Cc1ccccc1C(=O)Nc1ccc(C#N)cc1. The van der Waals surface area contributed by atoms with Crippen LogP contribution in [0.5, 0.6) is 0 Å². The van der Waals surface area contributed by atoms with Crippen LogP contribution in [0.2, 0.25) is 0 Å². The number of nitrogens with zero attached hydrogens (tertiary/aromatic N) is 1. The van der Waals surface area contributed by atoms with E-state index < -0.39 is 5.97 Å². The summed E-state index contributed by atoms with van der Waals surface area (Å²) >= 11 is 0. The predicted molar refractivity (Wildman–Crippen MR) is 81.3 cm³/mol. The summed E-state index contributed by atoms with van der Waals surface area (Å²) in [4.78, 5) is 23.7. The van der Waals surface area contributed by atoms with E-state index in [-0.39, 0.29) is 12.3 Å². The summed E-state index contributed by atoms with van der Waals surface area (Å²) in [5.74, 6) is -0.720. The van der Waals surface area contributed by atoms with Gasteiger partial charge in [0.2, 0.25) is 0 Å². The van der Waals surface area contributed by atoms with Gasteiger partial charge in [0.05, 0.1) is 25.2 Å².